The molecule has 0 fully saturated rings. The molecule has 0 aliphatic rings. The van der Waals surface area contributed by atoms with Gasteiger partial charge in [-0.2, -0.15) is 15.6 Å². The second-order valence-corrected chi connectivity index (χ2v) is 3.60. The third-order valence-corrected chi connectivity index (χ3v) is 2.50. The number of hydrogen-bond donors (Lipinski definition) is 0. The smallest absolute Gasteiger partial charge is 0.173 e. The molecule has 1 heterocycles. The second-order valence-electron chi connectivity index (χ2n) is 3.60. The fourth-order valence-corrected chi connectivity index (χ4v) is 1.57. The molecule has 0 bridgehead atoms. The van der Waals surface area contributed by atoms with Gasteiger partial charge in [-0.1, -0.05) is 6.07 Å². The minimum Gasteiger partial charge on any atom is -0.327 e. The average Bonchev–Trinajstić information content (AvgIpc) is 2.46. The highest BCUT2D eigenvalue weighted by Gasteiger charge is 2.11. The summed E-state index contributed by atoms with van der Waals surface area (Å²) in [6.07, 6.45) is 1.47. The SMILES string of the molecule is CN(c1cccc(C#N)c1)c1nnccc1C#N. The van der Waals surface area contributed by atoms with Crippen molar-refractivity contribution in [3.63, 3.8) is 0 Å². The maximum Gasteiger partial charge on any atom is 0.173 e. The molecule has 5 heteroatoms. The first-order valence-corrected chi connectivity index (χ1v) is 5.22. The van der Waals surface area contributed by atoms with Crippen molar-refractivity contribution in [3.8, 4) is 12.1 Å². The highest BCUT2D eigenvalue weighted by Crippen LogP contribution is 2.24. The van der Waals surface area contributed by atoms with Gasteiger partial charge in [0.2, 0.25) is 0 Å². The summed E-state index contributed by atoms with van der Waals surface area (Å²) in [6, 6.07) is 12.8. The van der Waals surface area contributed by atoms with E-state index in [1.165, 1.54) is 6.20 Å². The van der Waals surface area contributed by atoms with Crippen LogP contribution in [0.4, 0.5) is 11.5 Å². The number of hydrogen-bond acceptors (Lipinski definition) is 5. The molecule has 0 aliphatic heterocycles. The lowest BCUT2D eigenvalue weighted by Gasteiger charge is -2.18. The molecule has 0 unspecified atom stereocenters. The summed E-state index contributed by atoms with van der Waals surface area (Å²) < 4.78 is 0. The summed E-state index contributed by atoms with van der Waals surface area (Å²) in [6.45, 7) is 0. The molecule has 0 amide bonds. The van der Waals surface area contributed by atoms with Gasteiger partial charge >= 0.3 is 0 Å². The van der Waals surface area contributed by atoms with Crippen molar-refractivity contribution in [1.29, 1.82) is 10.5 Å². The van der Waals surface area contributed by atoms with E-state index in [1.807, 2.05) is 6.07 Å². The molecule has 0 atom stereocenters. The Morgan fingerprint density at radius 3 is 2.72 bits per heavy atom. The zero-order chi connectivity index (χ0) is 13.0. The van der Waals surface area contributed by atoms with E-state index in [0.29, 0.717) is 16.9 Å². The molecule has 5 nitrogen and oxygen atoms in total. The summed E-state index contributed by atoms with van der Waals surface area (Å²) in [4.78, 5) is 1.73. The van der Waals surface area contributed by atoms with Gasteiger partial charge in [-0.15, -0.1) is 5.10 Å². The van der Waals surface area contributed by atoms with Crippen molar-refractivity contribution < 1.29 is 0 Å². The highest BCUT2D eigenvalue weighted by atomic mass is 15.2. The van der Waals surface area contributed by atoms with Crippen LogP contribution in [0.3, 0.4) is 0 Å². The van der Waals surface area contributed by atoms with E-state index in [4.69, 9.17) is 10.5 Å². The summed E-state index contributed by atoms with van der Waals surface area (Å²) >= 11 is 0. The molecule has 2 rings (SSSR count). The predicted octanol–water partition coefficient (Wildman–Crippen LogP) is 1.99. The van der Waals surface area contributed by atoms with E-state index in [9.17, 15) is 0 Å². The fourth-order valence-electron chi connectivity index (χ4n) is 1.57. The maximum atomic E-state index is 9.02. The van der Waals surface area contributed by atoms with Crippen molar-refractivity contribution in [2.24, 2.45) is 0 Å². The summed E-state index contributed by atoms with van der Waals surface area (Å²) in [5.74, 6) is 0.468. The molecular weight excluding hydrogens is 226 g/mol. The molecule has 0 N–H and O–H groups in total. The van der Waals surface area contributed by atoms with Gasteiger partial charge in [0.15, 0.2) is 5.82 Å². The molecule has 18 heavy (non-hydrogen) atoms. The molecule has 0 aliphatic carbocycles. The van der Waals surface area contributed by atoms with Crippen LogP contribution in [-0.2, 0) is 0 Å². The van der Waals surface area contributed by atoms with Crippen LogP contribution in [0.15, 0.2) is 36.5 Å². The van der Waals surface area contributed by atoms with Gasteiger partial charge in [-0.3, -0.25) is 0 Å². The molecule has 2 aromatic rings. The number of nitriles is 2. The number of benzene rings is 1. The highest BCUT2D eigenvalue weighted by molar-refractivity contribution is 5.65. The quantitative estimate of drug-likeness (QED) is 0.795. The standard InChI is InChI=1S/C13H9N5/c1-18(12-4-2-3-10(7-12)8-14)13-11(9-15)5-6-16-17-13/h2-7H,1H3. The Morgan fingerprint density at radius 2 is 2.00 bits per heavy atom. The van der Waals surface area contributed by atoms with Crippen molar-refractivity contribution in [1.82, 2.24) is 10.2 Å². The van der Waals surface area contributed by atoms with Gasteiger partial charge in [0.1, 0.15) is 6.07 Å². The van der Waals surface area contributed by atoms with E-state index in [-0.39, 0.29) is 0 Å². The van der Waals surface area contributed by atoms with Crippen LogP contribution in [0.5, 0.6) is 0 Å². The van der Waals surface area contributed by atoms with Crippen molar-refractivity contribution >= 4 is 11.5 Å². The molecule has 0 radical (unpaired) electrons. The minimum atomic E-state index is 0.440. The van der Waals surface area contributed by atoms with Gasteiger partial charge in [0, 0.05) is 12.7 Å². The van der Waals surface area contributed by atoms with E-state index in [0.717, 1.165) is 5.69 Å². The first-order valence-electron chi connectivity index (χ1n) is 5.22. The third kappa shape index (κ3) is 2.11. The minimum absolute atomic E-state index is 0.440. The monoisotopic (exact) mass is 235 g/mol. The van der Waals surface area contributed by atoms with Crippen LogP contribution in [-0.4, -0.2) is 17.2 Å². The fraction of sp³-hybridized carbons (Fsp3) is 0.0769. The van der Waals surface area contributed by atoms with E-state index in [2.05, 4.69) is 22.3 Å². The molecule has 1 aromatic carbocycles. The maximum absolute atomic E-state index is 9.02. The van der Waals surface area contributed by atoms with Crippen molar-refractivity contribution in [3.05, 3.63) is 47.7 Å². The molecule has 0 saturated carbocycles. The Hall–Kier alpha value is -2.92. The Labute approximate surface area is 105 Å². The van der Waals surface area contributed by atoms with Crippen LogP contribution >= 0.6 is 0 Å². The summed E-state index contributed by atoms with van der Waals surface area (Å²) in [5.41, 5.74) is 1.78. The zero-order valence-corrected chi connectivity index (χ0v) is 9.70. The molecular formula is C13H9N5. The Kier molecular flexibility index (Phi) is 3.17. The second kappa shape index (κ2) is 4.94. The topological polar surface area (TPSA) is 76.6 Å². The lowest BCUT2D eigenvalue weighted by atomic mass is 10.2. The third-order valence-electron chi connectivity index (χ3n) is 2.50. The number of anilines is 2. The van der Waals surface area contributed by atoms with E-state index in [1.54, 1.807) is 36.2 Å². The van der Waals surface area contributed by atoms with Gasteiger partial charge in [0.25, 0.3) is 0 Å². The van der Waals surface area contributed by atoms with Gasteiger partial charge in [-0.25, -0.2) is 0 Å². The zero-order valence-electron chi connectivity index (χ0n) is 9.70. The van der Waals surface area contributed by atoms with Crippen LogP contribution in [0.25, 0.3) is 0 Å². The number of rotatable bonds is 2. The summed E-state index contributed by atoms with van der Waals surface area (Å²) in [5, 5.41) is 25.6. The lowest BCUT2D eigenvalue weighted by Crippen LogP contribution is -2.13. The van der Waals surface area contributed by atoms with Gasteiger partial charge < -0.3 is 4.90 Å². The number of nitrogens with zero attached hydrogens (tertiary/aromatic N) is 5. The average molecular weight is 235 g/mol. The Morgan fingerprint density at radius 1 is 1.17 bits per heavy atom. The first kappa shape index (κ1) is 11.6. The largest absolute Gasteiger partial charge is 0.327 e. The lowest BCUT2D eigenvalue weighted by molar-refractivity contribution is 0.981. The van der Waals surface area contributed by atoms with E-state index >= 15 is 0 Å². The Bertz CT molecular complexity index is 651. The molecule has 0 saturated heterocycles. The van der Waals surface area contributed by atoms with Gasteiger partial charge in [-0.05, 0) is 24.3 Å². The first-order chi connectivity index (χ1) is 8.76. The van der Waals surface area contributed by atoms with Crippen LogP contribution in [0, 0.1) is 22.7 Å². The van der Waals surface area contributed by atoms with Crippen molar-refractivity contribution in [2.45, 2.75) is 0 Å². The van der Waals surface area contributed by atoms with Crippen LogP contribution in [0.1, 0.15) is 11.1 Å². The van der Waals surface area contributed by atoms with Crippen LogP contribution < -0.4 is 4.90 Å². The summed E-state index contributed by atoms with van der Waals surface area (Å²) in [7, 11) is 1.78. The molecule has 1 aromatic heterocycles. The normalized spacial score (nSPS) is 9.28. The van der Waals surface area contributed by atoms with E-state index < -0.39 is 0 Å². The molecule has 0 spiro atoms. The van der Waals surface area contributed by atoms with Crippen LogP contribution in [0.2, 0.25) is 0 Å². The van der Waals surface area contributed by atoms with Gasteiger partial charge in [0.05, 0.1) is 23.4 Å². The molecule has 86 valence electrons. The Balaban J connectivity index is 2.45. The predicted molar refractivity (Wildman–Crippen MR) is 66.0 cm³/mol. The van der Waals surface area contributed by atoms with Crippen molar-refractivity contribution in [2.75, 3.05) is 11.9 Å². The number of aromatic nitrogens is 2.